The van der Waals surface area contributed by atoms with Crippen LogP contribution in [-0.2, 0) is 16.0 Å². The van der Waals surface area contributed by atoms with E-state index in [1.807, 2.05) is 17.5 Å². The van der Waals surface area contributed by atoms with Crippen LogP contribution >= 0.6 is 11.3 Å². The summed E-state index contributed by atoms with van der Waals surface area (Å²) in [7, 11) is 0. The molecule has 0 fully saturated rings. The zero-order valence-electron chi connectivity index (χ0n) is 8.55. The summed E-state index contributed by atoms with van der Waals surface area (Å²) < 4.78 is 0. The number of amides is 1. The summed E-state index contributed by atoms with van der Waals surface area (Å²) >= 11 is 1.46. The van der Waals surface area contributed by atoms with Gasteiger partial charge in [-0.15, -0.1) is 17.8 Å². The van der Waals surface area contributed by atoms with Gasteiger partial charge in [0.1, 0.15) is 6.54 Å². The molecule has 1 heterocycles. The van der Waals surface area contributed by atoms with Gasteiger partial charge in [-0.2, -0.15) is 0 Å². The largest absolute Gasteiger partial charge is 0.480 e. The number of terminal acetylenes is 1. The summed E-state index contributed by atoms with van der Waals surface area (Å²) in [5.74, 6) is 0.957. The van der Waals surface area contributed by atoms with Crippen LogP contribution in [0.2, 0.25) is 0 Å². The lowest BCUT2D eigenvalue weighted by Crippen LogP contribution is -2.36. The van der Waals surface area contributed by atoms with Crippen LogP contribution < -0.4 is 0 Å². The maximum Gasteiger partial charge on any atom is 0.323 e. The molecule has 16 heavy (non-hydrogen) atoms. The lowest BCUT2D eigenvalue weighted by Gasteiger charge is -2.17. The quantitative estimate of drug-likeness (QED) is 0.772. The molecule has 84 valence electrons. The van der Waals surface area contributed by atoms with Crippen molar-refractivity contribution in [2.45, 2.75) is 6.42 Å². The molecule has 0 aliphatic carbocycles. The Balaban J connectivity index is 2.60. The van der Waals surface area contributed by atoms with Crippen molar-refractivity contribution < 1.29 is 14.7 Å². The Morgan fingerprint density at radius 2 is 2.31 bits per heavy atom. The van der Waals surface area contributed by atoms with Gasteiger partial charge in [-0.05, 0) is 11.4 Å². The first-order chi connectivity index (χ1) is 7.63. The second-order valence-corrected chi connectivity index (χ2v) is 4.14. The van der Waals surface area contributed by atoms with Crippen LogP contribution in [0.5, 0.6) is 0 Å². The molecule has 0 spiro atoms. The van der Waals surface area contributed by atoms with E-state index in [4.69, 9.17) is 11.5 Å². The van der Waals surface area contributed by atoms with Crippen LogP contribution in [0.25, 0.3) is 0 Å². The molecule has 5 heteroatoms. The predicted molar refractivity (Wildman–Crippen MR) is 61.1 cm³/mol. The highest BCUT2D eigenvalue weighted by Crippen LogP contribution is 2.10. The van der Waals surface area contributed by atoms with Gasteiger partial charge in [-0.25, -0.2) is 0 Å². The number of hydrogen-bond donors (Lipinski definition) is 1. The highest BCUT2D eigenvalue weighted by molar-refractivity contribution is 7.10. The number of carbonyl (C=O) groups excluding carboxylic acids is 1. The van der Waals surface area contributed by atoms with Gasteiger partial charge >= 0.3 is 5.97 Å². The number of carboxylic acids is 1. The van der Waals surface area contributed by atoms with Crippen LogP contribution in [0.3, 0.4) is 0 Å². The van der Waals surface area contributed by atoms with Crippen molar-refractivity contribution in [1.82, 2.24) is 4.90 Å². The molecular formula is C11H11NO3S. The molecule has 0 radical (unpaired) electrons. The molecule has 0 saturated heterocycles. The van der Waals surface area contributed by atoms with Gasteiger partial charge in [-0.3, -0.25) is 9.59 Å². The Morgan fingerprint density at radius 3 is 2.81 bits per heavy atom. The molecule has 0 bridgehead atoms. The third kappa shape index (κ3) is 3.75. The summed E-state index contributed by atoms with van der Waals surface area (Å²) in [6.07, 6.45) is 5.28. The molecule has 0 atom stereocenters. The number of rotatable bonds is 5. The van der Waals surface area contributed by atoms with Crippen LogP contribution in [-0.4, -0.2) is 35.0 Å². The number of carboxylic acid groups (broad SMARTS) is 1. The number of hydrogen-bond acceptors (Lipinski definition) is 3. The average Bonchev–Trinajstić information content (AvgIpc) is 2.69. The summed E-state index contributed by atoms with van der Waals surface area (Å²) in [6.45, 7) is -0.328. The number of thiophene rings is 1. The molecule has 1 N–H and O–H groups in total. The molecule has 0 aromatic carbocycles. The smallest absolute Gasteiger partial charge is 0.323 e. The molecule has 1 amide bonds. The normalized spacial score (nSPS) is 9.44. The Labute approximate surface area is 97.5 Å². The first kappa shape index (κ1) is 12.3. The third-order valence-electron chi connectivity index (χ3n) is 1.87. The molecule has 0 unspecified atom stereocenters. The number of aliphatic carboxylic acids is 1. The molecule has 0 saturated carbocycles. The number of nitrogens with zero attached hydrogens (tertiary/aromatic N) is 1. The van der Waals surface area contributed by atoms with Crippen LogP contribution in [0.15, 0.2) is 17.5 Å². The second kappa shape index (κ2) is 5.93. The number of carbonyl (C=O) groups is 2. The molecule has 1 rings (SSSR count). The topological polar surface area (TPSA) is 57.6 Å². The highest BCUT2D eigenvalue weighted by Gasteiger charge is 2.16. The van der Waals surface area contributed by atoms with Crippen LogP contribution in [0, 0.1) is 12.3 Å². The van der Waals surface area contributed by atoms with Gasteiger partial charge in [0.2, 0.25) is 5.91 Å². The molecule has 4 nitrogen and oxygen atoms in total. The lowest BCUT2D eigenvalue weighted by molar-refractivity contribution is -0.143. The van der Waals surface area contributed by atoms with Crippen LogP contribution in [0.1, 0.15) is 4.88 Å². The van der Waals surface area contributed by atoms with E-state index in [2.05, 4.69) is 5.92 Å². The molecule has 1 aromatic heterocycles. The predicted octanol–water partition coefficient (Wildman–Crippen LogP) is 0.837. The van der Waals surface area contributed by atoms with Crippen molar-refractivity contribution in [2.24, 2.45) is 0 Å². The fourth-order valence-electron chi connectivity index (χ4n) is 1.18. The SMILES string of the molecule is C#CCN(CC(=O)O)C(=O)Cc1cccs1. The van der Waals surface area contributed by atoms with E-state index >= 15 is 0 Å². The van der Waals surface area contributed by atoms with Gasteiger partial charge in [0.25, 0.3) is 0 Å². The zero-order chi connectivity index (χ0) is 12.0. The third-order valence-corrected chi connectivity index (χ3v) is 2.74. The van der Waals surface area contributed by atoms with Gasteiger partial charge in [-0.1, -0.05) is 12.0 Å². The first-order valence-electron chi connectivity index (χ1n) is 4.59. The molecular weight excluding hydrogens is 226 g/mol. The molecule has 0 aliphatic heterocycles. The fourth-order valence-corrected chi connectivity index (χ4v) is 1.88. The van der Waals surface area contributed by atoms with E-state index in [-0.39, 0.29) is 25.4 Å². The maximum absolute atomic E-state index is 11.7. The second-order valence-electron chi connectivity index (χ2n) is 3.10. The molecule has 1 aromatic rings. The first-order valence-corrected chi connectivity index (χ1v) is 5.47. The Kier molecular flexibility index (Phi) is 4.55. The van der Waals surface area contributed by atoms with E-state index in [9.17, 15) is 9.59 Å². The minimum absolute atomic E-state index is 0.0243. The van der Waals surface area contributed by atoms with Gasteiger partial charge in [0.15, 0.2) is 0 Å². The van der Waals surface area contributed by atoms with Crippen molar-refractivity contribution >= 4 is 23.2 Å². The Hall–Kier alpha value is -1.80. The highest BCUT2D eigenvalue weighted by atomic mass is 32.1. The minimum atomic E-state index is -1.06. The monoisotopic (exact) mass is 237 g/mol. The van der Waals surface area contributed by atoms with Gasteiger partial charge in [0, 0.05) is 4.88 Å². The molecule has 0 aliphatic rings. The van der Waals surface area contributed by atoms with Gasteiger partial charge < -0.3 is 10.0 Å². The zero-order valence-corrected chi connectivity index (χ0v) is 9.37. The summed E-state index contributed by atoms with van der Waals surface area (Å²) in [5, 5.41) is 10.5. The van der Waals surface area contributed by atoms with Crippen molar-refractivity contribution in [3.8, 4) is 12.3 Å². The van der Waals surface area contributed by atoms with Crippen molar-refractivity contribution in [2.75, 3.05) is 13.1 Å². The maximum atomic E-state index is 11.7. The fraction of sp³-hybridized carbons (Fsp3) is 0.273. The summed E-state index contributed by atoms with van der Waals surface area (Å²) in [6, 6.07) is 3.67. The van der Waals surface area contributed by atoms with Crippen LogP contribution in [0.4, 0.5) is 0 Å². The van der Waals surface area contributed by atoms with E-state index in [0.717, 1.165) is 9.78 Å². The van der Waals surface area contributed by atoms with Crippen molar-refractivity contribution in [3.05, 3.63) is 22.4 Å². The van der Waals surface area contributed by atoms with E-state index in [1.165, 1.54) is 11.3 Å². The summed E-state index contributed by atoms with van der Waals surface area (Å²) in [5.41, 5.74) is 0. The minimum Gasteiger partial charge on any atom is -0.480 e. The van der Waals surface area contributed by atoms with E-state index < -0.39 is 5.97 Å². The lowest BCUT2D eigenvalue weighted by atomic mass is 10.3. The van der Waals surface area contributed by atoms with Gasteiger partial charge in [0.05, 0.1) is 13.0 Å². The van der Waals surface area contributed by atoms with E-state index in [1.54, 1.807) is 0 Å². The summed E-state index contributed by atoms with van der Waals surface area (Å²) in [4.78, 5) is 24.3. The Bertz CT molecular complexity index is 405. The Morgan fingerprint density at radius 1 is 1.56 bits per heavy atom. The average molecular weight is 237 g/mol. The standard InChI is InChI=1S/C11H11NO3S/c1-2-5-12(8-11(14)15)10(13)7-9-4-3-6-16-9/h1,3-4,6H,5,7-8H2,(H,14,15). The van der Waals surface area contributed by atoms with Crippen molar-refractivity contribution in [3.63, 3.8) is 0 Å². The van der Waals surface area contributed by atoms with Crippen molar-refractivity contribution in [1.29, 1.82) is 0 Å². The van der Waals surface area contributed by atoms with E-state index in [0.29, 0.717) is 0 Å².